The van der Waals surface area contributed by atoms with Crippen molar-refractivity contribution in [2.75, 3.05) is 6.54 Å². The number of aromatic nitrogens is 4. The number of rotatable bonds is 5. The van der Waals surface area contributed by atoms with E-state index in [2.05, 4.69) is 15.1 Å². The maximum Gasteiger partial charge on any atom is 0.439 e. The molecule has 0 saturated carbocycles. The Labute approximate surface area is 224 Å². The lowest BCUT2D eigenvalue weighted by atomic mass is 9.92. The minimum Gasteiger partial charge on any atom is -0.330 e. The van der Waals surface area contributed by atoms with Gasteiger partial charge in [0.2, 0.25) is 0 Å². The number of H-pyrrole nitrogens is 1. The second-order valence-corrected chi connectivity index (χ2v) is 10.8. The van der Waals surface area contributed by atoms with Gasteiger partial charge in [0, 0.05) is 23.2 Å². The topological polar surface area (TPSA) is 105 Å². The Kier molecular flexibility index (Phi) is 5.41. The number of carbonyl (C=O) groups excluding carboxylic acids is 1. The number of nitrogens with zero attached hydrogens (tertiary/aromatic N) is 4. The predicted octanol–water partition coefficient (Wildman–Crippen LogP) is 5.57. The number of carbonyl (C=O) groups is 1. The number of halogens is 2. The first kappa shape index (κ1) is 23.2. The van der Waals surface area contributed by atoms with Gasteiger partial charge in [-0.05, 0) is 60.9 Å². The van der Waals surface area contributed by atoms with E-state index in [-0.39, 0.29) is 23.6 Å². The first-order chi connectivity index (χ1) is 18.5. The molecule has 1 fully saturated rings. The smallest absolute Gasteiger partial charge is 0.330 e. The minimum atomic E-state index is -0.702. The molecular weight excluding hydrogens is 529 g/mol. The molecule has 11 heteroatoms. The highest BCUT2D eigenvalue weighted by molar-refractivity contribution is 7.22. The summed E-state index contributed by atoms with van der Waals surface area (Å²) < 4.78 is 19.2. The number of hydrogen-bond acceptors (Lipinski definition) is 7. The number of pyridine rings is 2. The van der Waals surface area contributed by atoms with Gasteiger partial charge in [-0.25, -0.2) is 14.2 Å². The van der Waals surface area contributed by atoms with E-state index in [0.717, 1.165) is 39.1 Å². The van der Waals surface area contributed by atoms with Crippen molar-refractivity contribution in [3.05, 3.63) is 86.6 Å². The highest BCUT2D eigenvalue weighted by Crippen LogP contribution is 2.49. The first-order valence-electron chi connectivity index (χ1n) is 12.2. The van der Waals surface area contributed by atoms with Crippen LogP contribution in [0.15, 0.2) is 51.9 Å². The van der Waals surface area contributed by atoms with E-state index < -0.39 is 5.76 Å². The van der Waals surface area contributed by atoms with Crippen molar-refractivity contribution in [1.29, 1.82) is 0 Å². The van der Waals surface area contributed by atoms with Crippen LogP contribution >= 0.6 is 22.9 Å². The summed E-state index contributed by atoms with van der Waals surface area (Å²) >= 11 is 7.84. The molecule has 2 aliphatic heterocycles. The van der Waals surface area contributed by atoms with E-state index in [9.17, 15) is 14.0 Å². The van der Waals surface area contributed by atoms with Crippen molar-refractivity contribution in [3.63, 3.8) is 0 Å². The molecule has 5 aromatic rings. The fourth-order valence-corrected chi connectivity index (χ4v) is 6.91. The van der Waals surface area contributed by atoms with Gasteiger partial charge in [-0.1, -0.05) is 28.9 Å². The Bertz CT molecular complexity index is 1800. The molecule has 0 radical (unpaired) electrons. The van der Waals surface area contributed by atoms with Crippen molar-refractivity contribution in [1.82, 2.24) is 25.0 Å². The highest BCUT2D eigenvalue weighted by Gasteiger charge is 2.44. The number of thiophene rings is 1. The summed E-state index contributed by atoms with van der Waals surface area (Å²) in [6.07, 6.45) is 4.45. The Morgan fingerprint density at radius 2 is 1.97 bits per heavy atom. The number of aryl methyl sites for hydroxylation is 2. The lowest BCUT2D eigenvalue weighted by Gasteiger charge is -2.16. The van der Waals surface area contributed by atoms with Crippen LogP contribution in [0, 0.1) is 5.82 Å². The van der Waals surface area contributed by atoms with Crippen LogP contribution in [0.3, 0.4) is 0 Å². The third-order valence-corrected chi connectivity index (χ3v) is 8.79. The van der Waals surface area contributed by atoms with Gasteiger partial charge in [-0.2, -0.15) is 0 Å². The quantitative estimate of drug-likeness (QED) is 0.288. The second-order valence-electron chi connectivity index (χ2n) is 9.43. The Hall–Kier alpha value is -3.89. The van der Waals surface area contributed by atoms with Crippen LogP contribution in [0.2, 0.25) is 5.15 Å². The molecular formula is C27H19ClFN5O3S. The lowest BCUT2D eigenvalue weighted by Crippen LogP contribution is -2.22. The first-order valence-corrected chi connectivity index (χ1v) is 13.4. The zero-order valence-electron chi connectivity index (χ0n) is 19.8. The monoisotopic (exact) mass is 547 g/mol. The van der Waals surface area contributed by atoms with Gasteiger partial charge < -0.3 is 4.90 Å². The molecule has 190 valence electrons. The molecule has 0 aliphatic carbocycles. The largest absolute Gasteiger partial charge is 0.439 e. The Balaban J connectivity index is 1.49. The molecule has 8 nitrogen and oxygen atoms in total. The van der Waals surface area contributed by atoms with E-state index in [1.807, 2.05) is 17.0 Å². The molecule has 6 heterocycles. The van der Waals surface area contributed by atoms with Crippen LogP contribution in [-0.2, 0) is 12.8 Å². The maximum absolute atomic E-state index is 13.8. The fourth-order valence-electron chi connectivity index (χ4n) is 5.54. The molecule has 1 saturated heterocycles. The van der Waals surface area contributed by atoms with Crippen LogP contribution in [0.5, 0.6) is 0 Å². The van der Waals surface area contributed by atoms with E-state index in [1.165, 1.54) is 23.5 Å². The third-order valence-electron chi connectivity index (χ3n) is 7.22. The molecule has 0 bridgehead atoms. The Morgan fingerprint density at radius 1 is 1.13 bits per heavy atom. The van der Waals surface area contributed by atoms with Gasteiger partial charge in [0.25, 0.3) is 5.91 Å². The molecule has 1 amide bonds. The van der Waals surface area contributed by atoms with E-state index in [1.54, 1.807) is 18.3 Å². The number of nitrogens with one attached hydrogen (secondary N) is 1. The average molecular weight is 548 g/mol. The molecule has 1 atom stereocenters. The molecule has 1 N–H and O–H groups in total. The average Bonchev–Trinajstić information content (AvgIpc) is 3.69. The molecule has 2 aliphatic rings. The molecule has 7 rings (SSSR count). The summed E-state index contributed by atoms with van der Waals surface area (Å²) in [7, 11) is 0. The SMILES string of the molecule is O=C1c2c(nc(CCc3ccc(F)cc3)c(-c3noc(=O)[nH]3)c2-c2cc3ccnc(Cl)c3s2)[C@@H]2CCCN12. The minimum absolute atomic E-state index is 0.0798. The van der Waals surface area contributed by atoms with Gasteiger partial charge >= 0.3 is 5.76 Å². The number of amides is 1. The zero-order chi connectivity index (χ0) is 26.0. The van der Waals surface area contributed by atoms with E-state index in [4.69, 9.17) is 21.1 Å². The fraction of sp³-hybridized carbons (Fsp3) is 0.222. The summed E-state index contributed by atoms with van der Waals surface area (Å²) in [4.78, 5) is 40.4. The van der Waals surface area contributed by atoms with Crippen molar-refractivity contribution in [2.24, 2.45) is 0 Å². The van der Waals surface area contributed by atoms with E-state index >= 15 is 0 Å². The van der Waals surface area contributed by atoms with Crippen LogP contribution in [0.1, 0.15) is 46.2 Å². The predicted molar refractivity (Wildman–Crippen MR) is 141 cm³/mol. The van der Waals surface area contributed by atoms with Gasteiger partial charge in [0.15, 0.2) is 5.82 Å². The number of aromatic amines is 1. The molecule has 38 heavy (non-hydrogen) atoms. The third kappa shape index (κ3) is 3.66. The summed E-state index contributed by atoms with van der Waals surface area (Å²) in [5.41, 5.74) is 4.08. The summed E-state index contributed by atoms with van der Waals surface area (Å²) in [5, 5.41) is 5.28. The molecule has 4 aromatic heterocycles. The second kappa shape index (κ2) is 8.85. The van der Waals surface area contributed by atoms with Gasteiger partial charge in [-0.15, -0.1) is 11.3 Å². The summed E-state index contributed by atoms with van der Waals surface area (Å²) in [6.45, 7) is 0.669. The molecule has 0 unspecified atom stereocenters. The summed E-state index contributed by atoms with van der Waals surface area (Å²) in [6, 6.07) is 10.1. The van der Waals surface area contributed by atoms with Gasteiger partial charge in [0.1, 0.15) is 11.0 Å². The van der Waals surface area contributed by atoms with Gasteiger partial charge in [-0.3, -0.25) is 19.3 Å². The lowest BCUT2D eigenvalue weighted by molar-refractivity contribution is 0.0776. The van der Waals surface area contributed by atoms with Crippen molar-refractivity contribution in [3.8, 4) is 21.8 Å². The van der Waals surface area contributed by atoms with Gasteiger partial charge in [0.05, 0.1) is 33.3 Å². The summed E-state index contributed by atoms with van der Waals surface area (Å²) in [5.74, 6) is -0.878. The number of hydrogen-bond donors (Lipinski definition) is 1. The normalized spacial score (nSPS) is 16.4. The van der Waals surface area contributed by atoms with Crippen molar-refractivity contribution >= 4 is 38.9 Å². The standard InChI is InChI=1S/C27H19ClFN5O3S/c28-24-23-14(9-10-30-24)12-18(38-23)20-19(25-32-27(36)37-33-25)16(8-5-13-3-6-15(29)7-4-13)31-22-17-2-1-11-34(17)26(35)21(20)22/h3-4,6-7,9-10,12,17H,1-2,5,8,11H2,(H,32,33,36)/t17-/m0/s1. The van der Waals surface area contributed by atoms with E-state index in [0.29, 0.717) is 46.9 Å². The molecule has 1 aromatic carbocycles. The zero-order valence-corrected chi connectivity index (χ0v) is 21.4. The number of benzene rings is 1. The van der Waals surface area contributed by atoms with Crippen molar-refractivity contribution < 1.29 is 13.7 Å². The van der Waals surface area contributed by atoms with Crippen LogP contribution in [0.25, 0.3) is 31.9 Å². The number of fused-ring (bicyclic) bond motifs is 4. The van der Waals surface area contributed by atoms with Crippen LogP contribution in [-0.4, -0.2) is 37.5 Å². The molecule has 0 spiro atoms. The van der Waals surface area contributed by atoms with Crippen LogP contribution in [0.4, 0.5) is 4.39 Å². The highest BCUT2D eigenvalue weighted by atomic mass is 35.5. The maximum atomic E-state index is 13.8. The Morgan fingerprint density at radius 3 is 2.74 bits per heavy atom. The van der Waals surface area contributed by atoms with Crippen LogP contribution < -0.4 is 5.76 Å². The van der Waals surface area contributed by atoms with Crippen molar-refractivity contribution in [2.45, 2.75) is 31.7 Å².